The van der Waals surface area contributed by atoms with Gasteiger partial charge in [0.15, 0.2) is 0 Å². The molecule has 0 bridgehead atoms. The lowest BCUT2D eigenvalue weighted by molar-refractivity contribution is -0.137. The van der Waals surface area contributed by atoms with Crippen LogP contribution in [0.15, 0.2) is 29.4 Å². The quantitative estimate of drug-likeness (QED) is 0.844. The monoisotopic (exact) mass is 330 g/mol. The molecule has 0 aliphatic carbocycles. The standard InChI is InChI=1S/C13H13F3N4OS/c1-7(22-12-17-8(2)19-20-12)11(21)18-10-6-4-3-5-9(10)13(14,15)16/h3-7H,1-2H3,(H,18,21)(H,17,19,20). The van der Waals surface area contributed by atoms with Crippen LogP contribution in [-0.2, 0) is 11.0 Å². The summed E-state index contributed by atoms with van der Waals surface area (Å²) in [6.07, 6.45) is -4.53. The molecule has 1 unspecified atom stereocenters. The molecule has 2 rings (SSSR count). The minimum absolute atomic E-state index is 0.265. The van der Waals surface area contributed by atoms with Gasteiger partial charge < -0.3 is 5.32 Å². The Morgan fingerprint density at radius 3 is 2.64 bits per heavy atom. The van der Waals surface area contributed by atoms with Crippen molar-refractivity contribution in [3.8, 4) is 0 Å². The number of aromatic nitrogens is 3. The molecule has 1 aromatic carbocycles. The number of halogens is 3. The zero-order chi connectivity index (χ0) is 16.3. The van der Waals surface area contributed by atoms with Crippen molar-refractivity contribution in [3.63, 3.8) is 0 Å². The smallest absolute Gasteiger partial charge is 0.325 e. The molecule has 0 aliphatic rings. The van der Waals surface area contributed by atoms with Gasteiger partial charge in [-0.05, 0) is 26.0 Å². The molecule has 0 aliphatic heterocycles. The van der Waals surface area contributed by atoms with Gasteiger partial charge in [0, 0.05) is 0 Å². The van der Waals surface area contributed by atoms with Crippen LogP contribution in [0, 0.1) is 6.92 Å². The van der Waals surface area contributed by atoms with E-state index in [1.54, 1.807) is 13.8 Å². The Bertz CT molecular complexity index is 671. The normalized spacial score (nSPS) is 13.0. The third-order valence-corrected chi connectivity index (χ3v) is 3.68. The molecule has 0 saturated carbocycles. The van der Waals surface area contributed by atoms with Crippen LogP contribution < -0.4 is 5.32 Å². The SMILES string of the molecule is Cc1nc(SC(C)C(=O)Nc2ccccc2C(F)(F)F)n[nH]1. The number of rotatable bonds is 4. The second-order valence-corrected chi connectivity index (χ2v) is 5.80. The molecule has 5 nitrogen and oxygen atoms in total. The molecule has 1 atom stereocenters. The average molecular weight is 330 g/mol. The van der Waals surface area contributed by atoms with Crippen molar-refractivity contribution in [2.24, 2.45) is 0 Å². The van der Waals surface area contributed by atoms with Gasteiger partial charge in [-0.15, -0.1) is 5.10 Å². The maximum Gasteiger partial charge on any atom is 0.418 e. The third-order valence-electron chi connectivity index (χ3n) is 2.72. The largest absolute Gasteiger partial charge is 0.418 e. The maximum absolute atomic E-state index is 12.9. The molecule has 0 radical (unpaired) electrons. The number of aromatic amines is 1. The Morgan fingerprint density at radius 2 is 2.05 bits per heavy atom. The number of nitrogens with one attached hydrogen (secondary N) is 2. The van der Waals surface area contributed by atoms with E-state index < -0.39 is 22.9 Å². The van der Waals surface area contributed by atoms with Crippen LogP contribution >= 0.6 is 11.8 Å². The summed E-state index contributed by atoms with van der Waals surface area (Å²) in [5, 5.41) is 8.52. The highest BCUT2D eigenvalue weighted by atomic mass is 32.2. The van der Waals surface area contributed by atoms with Crippen LogP contribution in [0.25, 0.3) is 0 Å². The van der Waals surface area contributed by atoms with Gasteiger partial charge in [-0.1, -0.05) is 23.9 Å². The highest BCUT2D eigenvalue weighted by Gasteiger charge is 2.33. The van der Waals surface area contributed by atoms with Gasteiger partial charge >= 0.3 is 6.18 Å². The number of hydrogen-bond donors (Lipinski definition) is 2. The van der Waals surface area contributed by atoms with Crippen molar-refractivity contribution in [1.82, 2.24) is 15.2 Å². The number of carbonyl (C=O) groups excluding carboxylic acids is 1. The fourth-order valence-corrected chi connectivity index (χ4v) is 2.43. The topological polar surface area (TPSA) is 70.7 Å². The lowest BCUT2D eigenvalue weighted by Gasteiger charge is -2.15. The van der Waals surface area contributed by atoms with E-state index in [2.05, 4.69) is 20.5 Å². The highest BCUT2D eigenvalue weighted by Crippen LogP contribution is 2.34. The first-order valence-corrected chi connectivity index (χ1v) is 7.18. The van der Waals surface area contributed by atoms with Crippen LogP contribution in [-0.4, -0.2) is 26.3 Å². The molecule has 1 amide bonds. The predicted octanol–water partition coefficient (Wildman–Crippen LogP) is 3.25. The number of benzene rings is 1. The number of para-hydroxylation sites is 1. The van der Waals surface area contributed by atoms with Crippen molar-refractivity contribution in [2.45, 2.75) is 30.4 Å². The van der Waals surface area contributed by atoms with E-state index in [4.69, 9.17) is 0 Å². The minimum Gasteiger partial charge on any atom is -0.325 e. The van der Waals surface area contributed by atoms with Crippen molar-refractivity contribution in [1.29, 1.82) is 0 Å². The third kappa shape index (κ3) is 4.00. The second-order valence-electron chi connectivity index (χ2n) is 4.50. The summed E-state index contributed by atoms with van der Waals surface area (Å²) in [4.78, 5) is 16.1. The van der Waals surface area contributed by atoms with Gasteiger partial charge in [0.2, 0.25) is 11.1 Å². The molecular weight excluding hydrogens is 317 g/mol. The van der Waals surface area contributed by atoms with E-state index in [1.807, 2.05) is 0 Å². The first-order chi connectivity index (χ1) is 10.3. The fraction of sp³-hybridized carbons (Fsp3) is 0.308. The zero-order valence-electron chi connectivity index (χ0n) is 11.7. The van der Waals surface area contributed by atoms with Gasteiger partial charge in [-0.3, -0.25) is 9.89 Å². The second kappa shape index (κ2) is 6.39. The number of aryl methyl sites for hydroxylation is 1. The summed E-state index contributed by atoms with van der Waals surface area (Å²) >= 11 is 1.06. The molecule has 1 heterocycles. The Balaban J connectivity index is 2.09. The van der Waals surface area contributed by atoms with E-state index in [1.165, 1.54) is 18.2 Å². The number of carbonyl (C=O) groups is 1. The summed E-state index contributed by atoms with van der Waals surface area (Å²) in [5.41, 5.74) is -1.15. The van der Waals surface area contributed by atoms with Crippen molar-refractivity contribution in [3.05, 3.63) is 35.7 Å². The lowest BCUT2D eigenvalue weighted by Crippen LogP contribution is -2.24. The molecule has 9 heteroatoms. The predicted molar refractivity (Wildman–Crippen MR) is 76.5 cm³/mol. The highest BCUT2D eigenvalue weighted by molar-refractivity contribution is 8.00. The van der Waals surface area contributed by atoms with Crippen LogP contribution in [0.4, 0.5) is 18.9 Å². The van der Waals surface area contributed by atoms with E-state index in [9.17, 15) is 18.0 Å². The molecule has 0 spiro atoms. The van der Waals surface area contributed by atoms with Gasteiger partial charge in [0.1, 0.15) is 5.82 Å². The van der Waals surface area contributed by atoms with Crippen LogP contribution in [0.5, 0.6) is 0 Å². The summed E-state index contributed by atoms with van der Waals surface area (Å²) in [7, 11) is 0. The van der Waals surface area contributed by atoms with Crippen molar-refractivity contribution >= 4 is 23.4 Å². The number of anilines is 1. The maximum atomic E-state index is 12.9. The fourth-order valence-electron chi connectivity index (χ4n) is 1.66. The summed E-state index contributed by atoms with van der Waals surface area (Å²) in [5.74, 6) is 0.0432. The Morgan fingerprint density at radius 1 is 1.36 bits per heavy atom. The zero-order valence-corrected chi connectivity index (χ0v) is 12.5. The van der Waals surface area contributed by atoms with Gasteiger partial charge in [-0.25, -0.2) is 4.98 Å². The van der Waals surface area contributed by atoms with Crippen LogP contribution in [0.2, 0.25) is 0 Å². The van der Waals surface area contributed by atoms with Crippen molar-refractivity contribution < 1.29 is 18.0 Å². The van der Waals surface area contributed by atoms with Crippen molar-refractivity contribution in [2.75, 3.05) is 5.32 Å². The first-order valence-electron chi connectivity index (χ1n) is 6.30. The lowest BCUT2D eigenvalue weighted by atomic mass is 10.1. The number of thioether (sulfide) groups is 1. The van der Waals surface area contributed by atoms with E-state index in [0.717, 1.165) is 17.8 Å². The number of H-pyrrole nitrogens is 1. The van der Waals surface area contributed by atoms with E-state index in [0.29, 0.717) is 11.0 Å². The summed E-state index contributed by atoms with van der Waals surface area (Å²) < 4.78 is 38.6. The van der Waals surface area contributed by atoms with E-state index in [-0.39, 0.29) is 5.69 Å². The van der Waals surface area contributed by atoms with Gasteiger partial charge in [-0.2, -0.15) is 13.2 Å². The number of amides is 1. The number of alkyl halides is 3. The Hall–Kier alpha value is -2.03. The molecule has 2 aromatic rings. The van der Waals surface area contributed by atoms with E-state index >= 15 is 0 Å². The molecule has 22 heavy (non-hydrogen) atoms. The molecule has 1 aromatic heterocycles. The molecule has 0 saturated heterocycles. The number of hydrogen-bond acceptors (Lipinski definition) is 4. The Kier molecular flexibility index (Phi) is 4.74. The average Bonchev–Trinajstić information content (AvgIpc) is 2.83. The molecular formula is C13H13F3N4OS. The van der Waals surface area contributed by atoms with Gasteiger partial charge in [0.25, 0.3) is 0 Å². The summed E-state index contributed by atoms with van der Waals surface area (Å²) in [6.45, 7) is 3.28. The Labute approximate surface area is 128 Å². The minimum atomic E-state index is -4.53. The molecule has 118 valence electrons. The number of nitrogens with zero attached hydrogens (tertiary/aromatic N) is 2. The van der Waals surface area contributed by atoms with Gasteiger partial charge in [0.05, 0.1) is 16.5 Å². The first kappa shape index (κ1) is 16.3. The summed E-state index contributed by atoms with van der Waals surface area (Å²) in [6, 6.07) is 4.84. The molecule has 2 N–H and O–H groups in total. The van der Waals surface area contributed by atoms with Crippen LogP contribution in [0.3, 0.4) is 0 Å². The van der Waals surface area contributed by atoms with Crippen LogP contribution in [0.1, 0.15) is 18.3 Å². The molecule has 0 fully saturated rings.